The largest absolute Gasteiger partial charge is 0.497 e. The van der Waals surface area contributed by atoms with Gasteiger partial charge in [-0.2, -0.15) is 0 Å². The Morgan fingerprint density at radius 2 is 1.43 bits per heavy atom. The molecule has 8 heteroatoms. The number of ether oxygens (including phenoxy) is 3. The van der Waals surface area contributed by atoms with Crippen molar-refractivity contribution in [3.05, 3.63) is 93.5 Å². The number of esters is 1. The van der Waals surface area contributed by atoms with Crippen molar-refractivity contribution in [1.82, 2.24) is 0 Å². The molecule has 3 rings (SSSR count). The summed E-state index contributed by atoms with van der Waals surface area (Å²) in [6.45, 7) is 0. The number of benzene rings is 3. The first-order chi connectivity index (χ1) is 14.4. The molecule has 0 aliphatic heterocycles. The fourth-order valence-corrected chi connectivity index (χ4v) is 2.79. The predicted molar refractivity (Wildman–Crippen MR) is 107 cm³/mol. The Kier molecular flexibility index (Phi) is 6.07. The van der Waals surface area contributed by atoms with E-state index in [9.17, 15) is 19.7 Å². The zero-order valence-corrected chi connectivity index (χ0v) is 16.2. The van der Waals surface area contributed by atoms with E-state index in [2.05, 4.69) is 0 Å². The Morgan fingerprint density at radius 3 is 2.03 bits per heavy atom. The van der Waals surface area contributed by atoms with Crippen molar-refractivity contribution >= 4 is 17.4 Å². The number of hydrogen-bond acceptors (Lipinski definition) is 7. The van der Waals surface area contributed by atoms with Gasteiger partial charge in [0, 0.05) is 17.7 Å². The average Bonchev–Trinajstić information content (AvgIpc) is 2.78. The first kappa shape index (κ1) is 20.5. The maximum atomic E-state index is 13.2. The summed E-state index contributed by atoms with van der Waals surface area (Å²) in [7, 11) is 2.92. The molecule has 0 saturated carbocycles. The molecule has 152 valence electrons. The van der Waals surface area contributed by atoms with Gasteiger partial charge in [-0.3, -0.25) is 14.9 Å². The van der Waals surface area contributed by atoms with E-state index in [1.54, 1.807) is 24.3 Å². The van der Waals surface area contributed by atoms with Gasteiger partial charge in [0.25, 0.3) is 5.69 Å². The third kappa shape index (κ3) is 4.27. The molecule has 8 nitrogen and oxygen atoms in total. The average molecular weight is 407 g/mol. The van der Waals surface area contributed by atoms with Crippen LogP contribution in [0.4, 0.5) is 5.69 Å². The van der Waals surface area contributed by atoms with E-state index in [0.717, 1.165) is 0 Å². The molecule has 0 fully saturated rings. The summed E-state index contributed by atoms with van der Waals surface area (Å²) in [6, 6.07) is 16.1. The summed E-state index contributed by atoms with van der Waals surface area (Å²) >= 11 is 0. The number of non-ortho nitro benzene ring substituents is 1. The van der Waals surface area contributed by atoms with Crippen molar-refractivity contribution < 1.29 is 28.7 Å². The topological polar surface area (TPSA) is 105 Å². The Bertz CT molecular complexity index is 1110. The summed E-state index contributed by atoms with van der Waals surface area (Å²) in [6.07, 6.45) is 0. The molecule has 0 amide bonds. The normalized spacial score (nSPS) is 10.2. The molecule has 0 saturated heterocycles. The van der Waals surface area contributed by atoms with Crippen molar-refractivity contribution in [2.75, 3.05) is 14.2 Å². The fraction of sp³-hybridized carbons (Fsp3) is 0.0909. The van der Waals surface area contributed by atoms with Crippen LogP contribution in [0.5, 0.6) is 17.2 Å². The lowest BCUT2D eigenvalue weighted by Crippen LogP contribution is -2.15. The van der Waals surface area contributed by atoms with Gasteiger partial charge in [-0.25, -0.2) is 4.79 Å². The summed E-state index contributed by atoms with van der Waals surface area (Å²) in [5.74, 6) is -0.298. The lowest BCUT2D eigenvalue weighted by atomic mass is 9.97. The third-order valence-electron chi connectivity index (χ3n) is 4.30. The summed E-state index contributed by atoms with van der Waals surface area (Å²) in [4.78, 5) is 36.1. The second-order valence-corrected chi connectivity index (χ2v) is 6.08. The molecule has 0 unspecified atom stereocenters. The number of nitrogens with zero attached hydrogens (tertiary/aromatic N) is 1. The maximum absolute atomic E-state index is 13.2. The molecule has 0 N–H and O–H groups in total. The van der Waals surface area contributed by atoms with E-state index in [1.165, 1.54) is 56.7 Å². The molecule has 0 radical (unpaired) electrons. The highest BCUT2D eigenvalue weighted by molar-refractivity contribution is 6.16. The number of methoxy groups -OCH3 is 2. The lowest BCUT2D eigenvalue weighted by molar-refractivity contribution is -0.384. The lowest BCUT2D eigenvalue weighted by Gasteiger charge is -2.12. The van der Waals surface area contributed by atoms with Crippen LogP contribution in [0.1, 0.15) is 26.3 Å². The first-order valence-electron chi connectivity index (χ1n) is 8.77. The molecule has 0 heterocycles. The van der Waals surface area contributed by atoms with Gasteiger partial charge in [-0.1, -0.05) is 18.2 Å². The molecule has 3 aromatic rings. The Hall–Kier alpha value is -4.20. The second-order valence-electron chi connectivity index (χ2n) is 6.08. The number of carbonyl (C=O) groups is 2. The summed E-state index contributed by atoms with van der Waals surface area (Å²) in [5.41, 5.74) is 0.268. The molecular formula is C22H17NO7. The minimum absolute atomic E-state index is 0.0470. The van der Waals surface area contributed by atoms with Crippen molar-refractivity contribution in [3.63, 3.8) is 0 Å². The van der Waals surface area contributed by atoms with Gasteiger partial charge in [0.2, 0.25) is 0 Å². The number of ketones is 1. The number of hydrogen-bond donors (Lipinski definition) is 0. The van der Waals surface area contributed by atoms with E-state index >= 15 is 0 Å². The van der Waals surface area contributed by atoms with Crippen LogP contribution in [0.15, 0.2) is 66.7 Å². The standard InChI is InChI=1S/C22H17NO7/c1-28-16-11-12-20(29-2)19(13-16)21(24)17-5-3-4-6-18(17)22(25)30-15-9-7-14(8-10-15)23(26)27/h3-13H,1-2H3. The minimum atomic E-state index is -0.769. The molecule has 0 bridgehead atoms. The Balaban J connectivity index is 1.93. The van der Waals surface area contributed by atoms with Gasteiger partial charge < -0.3 is 14.2 Å². The summed E-state index contributed by atoms with van der Waals surface area (Å²) < 4.78 is 15.7. The van der Waals surface area contributed by atoms with Gasteiger partial charge in [0.05, 0.1) is 30.3 Å². The zero-order valence-electron chi connectivity index (χ0n) is 16.2. The maximum Gasteiger partial charge on any atom is 0.344 e. The molecule has 0 aliphatic rings. The van der Waals surface area contributed by atoms with Crippen LogP contribution < -0.4 is 14.2 Å². The monoisotopic (exact) mass is 407 g/mol. The first-order valence-corrected chi connectivity index (χ1v) is 8.77. The highest BCUT2D eigenvalue weighted by Crippen LogP contribution is 2.28. The van der Waals surface area contributed by atoms with Crippen molar-refractivity contribution in [2.45, 2.75) is 0 Å². The number of nitro benzene ring substituents is 1. The van der Waals surface area contributed by atoms with Crippen molar-refractivity contribution in [2.24, 2.45) is 0 Å². The zero-order chi connectivity index (χ0) is 21.7. The molecular weight excluding hydrogens is 390 g/mol. The third-order valence-corrected chi connectivity index (χ3v) is 4.30. The van der Waals surface area contributed by atoms with Gasteiger partial charge in [-0.15, -0.1) is 0 Å². The number of nitro groups is 1. The van der Waals surface area contributed by atoms with E-state index < -0.39 is 16.7 Å². The quantitative estimate of drug-likeness (QED) is 0.191. The molecule has 0 aromatic heterocycles. The van der Waals surface area contributed by atoms with Crippen LogP contribution in [-0.2, 0) is 0 Å². The van der Waals surface area contributed by atoms with E-state index in [0.29, 0.717) is 11.5 Å². The fourth-order valence-electron chi connectivity index (χ4n) is 2.79. The van der Waals surface area contributed by atoms with Crippen molar-refractivity contribution in [3.8, 4) is 17.2 Å². The Morgan fingerprint density at radius 1 is 0.800 bits per heavy atom. The van der Waals surface area contributed by atoms with Crippen LogP contribution in [-0.4, -0.2) is 30.9 Å². The van der Waals surface area contributed by atoms with Gasteiger partial charge in [-0.05, 0) is 36.4 Å². The highest BCUT2D eigenvalue weighted by atomic mass is 16.6. The minimum Gasteiger partial charge on any atom is -0.497 e. The molecule has 0 aliphatic carbocycles. The molecule has 0 atom stereocenters. The SMILES string of the molecule is COc1ccc(OC)c(C(=O)c2ccccc2C(=O)Oc2ccc([N+](=O)[O-])cc2)c1. The molecule has 3 aromatic carbocycles. The van der Waals surface area contributed by atoms with Crippen molar-refractivity contribution in [1.29, 1.82) is 0 Å². The Labute approximate surface area is 171 Å². The van der Waals surface area contributed by atoms with Gasteiger partial charge >= 0.3 is 5.97 Å². The van der Waals surface area contributed by atoms with Crippen LogP contribution in [0, 0.1) is 10.1 Å². The van der Waals surface area contributed by atoms with Gasteiger partial charge in [0.15, 0.2) is 5.78 Å². The highest BCUT2D eigenvalue weighted by Gasteiger charge is 2.23. The van der Waals surface area contributed by atoms with Crippen LogP contribution in [0.2, 0.25) is 0 Å². The van der Waals surface area contributed by atoms with E-state index in [-0.39, 0.29) is 28.1 Å². The van der Waals surface area contributed by atoms with Crippen LogP contribution in [0.3, 0.4) is 0 Å². The molecule has 30 heavy (non-hydrogen) atoms. The van der Waals surface area contributed by atoms with E-state index in [1.807, 2.05) is 0 Å². The van der Waals surface area contributed by atoms with E-state index in [4.69, 9.17) is 14.2 Å². The van der Waals surface area contributed by atoms with Gasteiger partial charge in [0.1, 0.15) is 17.2 Å². The summed E-state index contributed by atoms with van der Waals surface area (Å²) in [5, 5.41) is 10.7. The predicted octanol–water partition coefficient (Wildman–Crippen LogP) is 4.06. The van der Waals surface area contributed by atoms with Crippen LogP contribution in [0.25, 0.3) is 0 Å². The molecule has 0 spiro atoms. The number of carbonyl (C=O) groups excluding carboxylic acids is 2. The van der Waals surface area contributed by atoms with Crippen LogP contribution >= 0.6 is 0 Å². The smallest absolute Gasteiger partial charge is 0.344 e. The second kappa shape index (κ2) is 8.87. The number of rotatable bonds is 7.